The number of methoxy groups -OCH3 is 2. The van der Waals surface area contributed by atoms with Gasteiger partial charge in [-0.15, -0.1) is 24.0 Å². The Morgan fingerprint density at radius 2 is 1.83 bits per heavy atom. The van der Waals surface area contributed by atoms with Gasteiger partial charge in [0.1, 0.15) is 0 Å². The molecule has 0 radical (unpaired) electrons. The summed E-state index contributed by atoms with van der Waals surface area (Å²) in [5, 5.41) is 0. The summed E-state index contributed by atoms with van der Waals surface area (Å²) in [4.78, 5) is 3.93. The zero-order valence-electron chi connectivity index (χ0n) is 10.7. The van der Waals surface area contributed by atoms with Gasteiger partial charge < -0.3 is 20.9 Å². The number of hydrogen-bond donors (Lipinski definition) is 2. The number of rotatable bonds is 6. The van der Waals surface area contributed by atoms with Gasteiger partial charge in [0.2, 0.25) is 0 Å². The summed E-state index contributed by atoms with van der Waals surface area (Å²) < 4.78 is 10.4. The molecule has 0 saturated heterocycles. The van der Waals surface area contributed by atoms with Crippen LogP contribution in [0.2, 0.25) is 0 Å². The van der Waals surface area contributed by atoms with Crippen LogP contribution in [-0.4, -0.2) is 26.7 Å². The molecule has 0 bridgehead atoms. The molecule has 0 aliphatic rings. The normalized spacial score (nSPS) is 9.22. The van der Waals surface area contributed by atoms with Crippen LogP contribution in [-0.2, 0) is 6.42 Å². The van der Waals surface area contributed by atoms with Crippen LogP contribution in [0.5, 0.6) is 11.5 Å². The van der Waals surface area contributed by atoms with Crippen LogP contribution >= 0.6 is 24.0 Å². The standard InChI is InChI=1S/C12H19N3O2.HI/c1-16-10-6-5-9(8-11(10)17-2)4-3-7-15-12(13)14;/h5-6,8H,3-4,7H2,1-2H3,(H4,13,14,15);1H. The van der Waals surface area contributed by atoms with Crippen LogP contribution in [0.15, 0.2) is 23.2 Å². The Balaban J connectivity index is 0.00000289. The zero-order chi connectivity index (χ0) is 12.7. The van der Waals surface area contributed by atoms with Crippen molar-refractivity contribution in [2.75, 3.05) is 20.8 Å². The lowest BCUT2D eigenvalue weighted by Crippen LogP contribution is -2.23. The lowest BCUT2D eigenvalue weighted by Gasteiger charge is -2.09. The molecule has 18 heavy (non-hydrogen) atoms. The summed E-state index contributed by atoms with van der Waals surface area (Å²) in [6.45, 7) is 0.636. The number of benzene rings is 1. The molecule has 0 aromatic heterocycles. The number of halogens is 1. The topological polar surface area (TPSA) is 82.9 Å². The Morgan fingerprint density at radius 1 is 1.17 bits per heavy atom. The molecule has 1 rings (SSSR count). The number of aryl methyl sites for hydroxylation is 1. The molecule has 0 spiro atoms. The van der Waals surface area contributed by atoms with Crippen LogP contribution in [0.25, 0.3) is 0 Å². The average molecular weight is 365 g/mol. The van der Waals surface area contributed by atoms with Gasteiger partial charge in [-0.2, -0.15) is 0 Å². The number of ether oxygens (including phenoxy) is 2. The third-order valence-electron chi connectivity index (χ3n) is 2.37. The maximum atomic E-state index is 5.25. The summed E-state index contributed by atoms with van der Waals surface area (Å²) in [6.07, 6.45) is 1.80. The molecule has 102 valence electrons. The van der Waals surface area contributed by atoms with Gasteiger partial charge in [-0.1, -0.05) is 6.07 Å². The molecule has 0 fully saturated rings. The molecule has 0 heterocycles. The molecule has 5 nitrogen and oxygen atoms in total. The van der Waals surface area contributed by atoms with Crippen molar-refractivity contribution >= 4 is 29.9 Å². The molecule has 4 N–H and O–H groups in total. The number of hydrogen-bond acceptors (Lipinski definition) is 3. The maximum absolute atomic E-state index is 5.25. The highest BCUT2D eigenvalue weighted by atomic mass is 127. The smallest absolute Gasteiger partial charge is 0.185 e. The van der Waals surface area contributed by atoms with Crippen molar-refractivity contribution in [3.05, 3.63) is 23.8 Å². The summed E-state index contributed by atoms with van der Waals surface area (Å²) in [5.41, 5.74) is 11.7. The van der Waals surface area contributed by atoms with Gasteiger partial charge in [-0.05, 0) is 30.5 Å². The van der Waals surface area contributed by atoms with Crippen LogP contribution in [0, 0.1) is 0 Å². The quantitative estimate of drug-likeness (QED) is 0.347. The lowest BCUT2D eigenvalue weighted by molar-refractivity contribution is 0.354. The molecule has 0 aliphatic heterocycles. The van der Waals surface area contributed by atoms with E-state index in [4.69, 9.17) is 20.9 Å². The van der Waals surface area contributed by atoms with E-state index in [2.05, 4.69) is 4.99 Å². The monoisotopic (exact) mass is 365 g/mol. The van der Waals surface area contributed by atoms with Crippen molar-refractivity contribution in [2.24, 2.45) is 16.5 Å². The SMILES string of the molecule is COc1ccc(CCCN=C(N)N)cc1OC.I. The van der Waals surface area contributed by atoms with Crippen molar-refractivity contribution in [1.29, 1.82) is 0 Å². The van der Waals surface area contributed by atoms with Gasteiger partial charge >= 0.3 is 0 Å². The Bertz CT molecular complexity index is 393. The van der Waals surface area contributed by atoms with Gasteiger partial charge in [0.25, 0.3) is 0 Å². The average Bonchev–Trinajstić information content (AvgIpc) is 2.34. The van der Waals surface area contributed by atoms with E-state index in [-0.39, 0.29) is 29.9 Å². The van der Waals surface area contributed by atoms with Crippen molar-refractivity contribution in [3.8, 4) is 11.5 Å². The molecule has 0 atom stereocenters. The second kappa shape index (κ2) is 8.84. The first kappa shape index (κ1) is 16.8. The highest BCUT2D eigenvalue weighted by Crippen LogP contribution is 2.27. The number of nitrogens with two attached hydrogens (primary N) is 2. The van der Waals surface area contributed by atoms with Gasteiger partial charge in [0, 0.05) is 6.54 Å². The van der Waals surface area contributed by atoms with E-state index in [0.717, 1.165) is 24.3 Å². The second-order valence-corrected chi connectivity index (χ2v) is 3.60. The molecule has 6 heteroatoms. The predicted molar refractivity (Wildman–Crippen MR) is 84.0 cm³/mol. The largest absolute Gasteiger partial charge is 0.493 e. The van der Waals surface area contributed by atoms with E-state index in [1.165, 1.54) is 5.56 Å². The zero-order valence-corrected chi connectivity index (χ0v) is 13.0. The minimum atomic E-state index is 0. The lowest BCUT2D eigenvalue weighted by atomic mass is 10.1. The van der Waals surface area contributed by atoms with Crippen molar-refractivity contribution < 1.29 is 9.47 Å². The summed E-state index contributed by atoms with van der Waals surface area (Å²) >= 11 is 0. The van der Waals surface area contributed by atoms with E-state index in [0.29, 0.717) is 6.54 Å². The second-order valence-electron chi connectivity index (χ2n) is 3.60. The Morgan fingerprint density at radius 3 is 2.39 bits per heavy atom. The van der Waals surface area contributed by atoms with Gasteiger partial charge in [-0.25, -0.2) is 0 Å². The van der Waals surface area contributed by atoms with Crippen LogP contribution in [0.1, 0.15) is 12.0 Å². The van der Waals surface area contributed by atoms with E-state index in [1.807, 2.05) is 18.2 Å². The van der Waals surface area contributed by atoms with Crippen molar-refractivity contribution in [3.63, 3.8) is 0 Å². The number of nitrogens with zero attached hydrogens (tertiary/aromatic N) is 1. The summed E-state index contributed by atoms with van der Waals surface area (Å²) in [6, 6.07) is 5.87. The summed E-state index contributed by atoms with van der Waals surface area (Å²) in [5.74, 6) is 1.62. The molecular weight excluding hydrogens is 345 g/mol. The van der Waals surface area contributed by atoms with Gasteiger partial charge in [0.05, 0.1) is 14.2 Å². The number of aliphatic imine (C=N–C) groups is 1. The molecule has 1 aromatic carbocycles. The van der Waals surface area contributed by atoms with Crippen LogP contribution in [0.3, 0.4) is 0 Å². The number of guanidine groups is 1. The maximum Gasteiger partial charge on any atom is 0.185 e. The molecule has 0 aliphatic carbocycles. The Hall–Kier alpha value is -1.18. The third-order valence-corrected chi connectivity index (χ3v) is 2.37. The Kier molecular flexibility index (Phi) is 8.27. The Labute approximate surface area is 125 Å². The fourth-order valence-electron chi connectivity index (χ4n) is 1.53. The van der Waals surface area contributed by atoms with Gasteiger partial charge in [-0.3, -0.25) is 4.99 Å². The minimum Gasteiger partial charge on any atom is -0.493 e. The summed E-state index contributed by atoms with van der Waals surface area (Å²) in [7, 11) is 3.25. The molecule has 0 unspecified atom stereocenters. The van der Waals surface area contributed by atoms with E-state index in [9.17, 15) is 0 Å². The first-order valence-corrected chi connectivity index (χ1v) is 5.43. The van der Waals surface area contributed by atoms with Crippen LogP contribution < -0.4 is 20.9 Å². The first-order chi connectivity index (χ1) is 8.17. The first-order valence-electron chi connectivity index (χ1n) is 5.43. The fourth-order valence-corrected chi connectivity index (χ4v) is 1.53. The predicted octanol–water partition coefficient (Wildman–Crippen LogP) is 1.53. The highest BCUT2D eigenvalue weighted by Gasteiger charge is 2.03. The van der Waals surface area contributed by atoms with Crippen LogP contribution in [0.4, 0.5) is 0 Å². The minimum absolute atomic E-state index is 0. The van der Waals surface area contributed by atoms with Crippen molar-refractivity contribution in [1.82, 2.24) is 0 Å². The molecular formula is C12H20IN3O2. The third kappa shape index (κ3) is 5.44. The van der Waals surface area contributed by atoms with Gasteiger partial charge in [0.15, 0.2) is 17.5 Å². The molecule has 0 amide bonds. The van der Waals surface area contributed by atoms with E-state index < -0.39 is 0 Å². The molecule has 1 aromatic rings. The van der Waals surface area contributed by atoms with Crippen molar-refractivity contribution in [2.45, 2.75) is 12.8 Å². The van der Waals surface area contributed by atoms with E-state index >= 15 is 0 Å². The highest BCUT2D eigenvalue weighted by molar-refractivity contribution is 14.0. The van der Waals surface area contributed by atoms with E-state index in [1.54, 1.807) is 14.2 Å². The molecule has 0 saturated carbocycles. The fraction of sp³-hybridized carbons (Fsp3) is 0.417.